The average molecular weight is 342 g/mol. The van der Waals surface area contributed by atoms with Gasteiger partial charge in [-0.1, -0.05) is 19.1 Å². The Balaban J connectivity index is 2.05. The van der Waals surface area contributed by atoms with E-state index in [1.807, 2.05) is 43.3 Å². The highest BCUT2D eigenvalue weighted by Crippen LogP contribution is 2.21. The lowest BCUT2D eigenvalue weighted by Gasteiger charge is -2.07. The van der Waals surface area contributed by atoms with Crippen molar-refractivity contribution < 1.29 is 9.52 Å². The van der Waals surface area contributed by atoms with Crippen LogP contribution in [-0.4, -0.2) is 5.11 Å². The molecular formula is C14H15IO2. The van der Waals surface area contributed by atoms with Crippen LogP contribution in [0.2, 0.25) is 0 Å². The van der Waals surface area contributed by atoms with E-state index < -0.39 is 6.10 Å². The average Bonchev–Trinajstić information content (AvgIpc) is 2.81. The molecule has 0 bridgehead atoms. The van der Waals surface area contributed by atoms with Gasteiger partial charge in [0.05, 0.1) is 0 Å². The molecule has 0 fully saturated rings. The number of hydrogen-bond acceptors (Lipinski definition) is 2. The van der Waals surface area contributed by atoms with Crippen LogP contribution in [-0.2, 0) is 12.8 Å². The molecule has 90 valence electrons. The van der Waals surface area contributed by atoms with E-state index in [9.17, 15) is 5.11 Å². The summed E-state index contributed by atoms with van der Waals surface area (Å²) in [4.78, 5) is 0. The van der Waals surface area contributed by atoms with Gasteiger partial charge in [-0.05, 0) is 52.4 Å². The van der Waals surface area contributed by atoms with Gasteiger partial charge < -0.3 is 9.52 Å². The van der Waals surface area contributed by atoms with Gasteiger partial charge in [0.15, 0.2) is 0 Å². The van der Waals surface area contributed by atoms with Gasteiger partial charge in [-0.15, -0.1) is 0 Å². The standard InChI is InChI=1S/C14H15IO2/c1-2-12-7-8-14(17-12)13(16)9-10-3-5-11(15)6-4-10/h3-8,13,16H,2,9H2,1H3. The van der Waals surface area contributed by atoms with E-state index in [-0.39, 0.29) is 0 Å². The summed E-state index contributed by atoms with van der Waals surface area (Å²) in [6.07, 6.45) is 0.888. The number of rotatable bonds is 4. The zero-order chi connectivity index (χ0) is 12.3. The molecule has 0 aliphatic rings. The zero-order valence-electron chi connectivity index (χ0n) is 9.69. The van der Waals surface area contributed by atoms with Crippen LogP contribution in [0.1, 0.15) is 30.1 Å². The predicted molar refractivity (Wildman–Crippen MR) is 75.9 cm³/mol. The van der Waals surface area contributed by atoms with Crippen molar-refractivity contribution in [3.8, 4) is 0 Å². The normalized spacial score (nSPS) is 12.6. The van der Waals surface area contributed by atoms with E-state index in [0.29, 0.717) is 12.2 Å². The molecule has 0 saturated heterocycles. The summed E-state index contributed by atoms with van der Waals surface area (Å²) in [6, 6.07) is 11.9. The number of benzene rings is 1. The summed E-state index contributed by atoms with van der Waals surface area (Å²) < 4.78 is 6.74. The van der Waals surface area contributed by atoms with Crippen LogP contribution in [0.3, 0.4) is 0 Å². The number of aliphatic hydroxyl groups is 1. The Kier molecular flexibility index (Phi) is 4.23. The first-order valence-electron chi connectivity index (χ1n) is 5.70. The summed E-state index contributed by atoms with van der Waals surface area (Å²) in [7, 11) is 0. The minimum absolute atomic E-state index is 0.560. The Hall–Kier alpha value is -0.810. The Labute approximate surface area is 115 Å². The highest BCUT2D eigenvalue weighted by Gasteiger charge is 2.12. The second-order valence-corrected chi connectivity index (χ2v) is 5.25. The summed E-state index contributed by atoms with van der Waals surface area (Å²) in [5, 5.41) is 10.1. The molecule has 0 amide bonds. The molecule has 2 rings (SSSR count). The lowest BCUT2D eigenvalue weighted by molar-refractivity contribution is 0.148. The lowest BCUT2D eigenvalue weighted by atomic mass is 10.1. The third-order valence-electron chi connectivity index (χ3n) is 2.70. The molecule has 1 aromatic heterocycles. The number of aliphatic hydroxyl groups excluding tert-OH is 1. The number of furan rings is 1. The van der Waals surface area contributed by atoms with Crippen LogP contribution < -0.4 is 0 Å². The molecule has 0 aliphatic carbocycles. The molecule has 2 nitrogen and oxygen atoms in total. The van der Waals surface area contributed by atoms with Crippen molar-refractivity contribution in [2.45, 2.75) is 25.9 Å². The zero-order valence-corrected chi connectivity index (χ0v) is 11.8. The molecule has 1 heterocycles. The van der Waals surface area contributed by atoms with Crippen LogP contribution >= 0.6 is 22.6 Å². The molecule has 1 N–H and O–H groups in total. The monoisotopic (exact) mass is 342 g/mol. The van der Waals surface area contributed by atoms with Gasteiger partial charge in [0.2, 0.25) is 0 Å². The van der Waals surface area contributed by atoms with Gasteiger partial charge >= 0.3 is 0 Å². The van der Waals surface area contributed by atoms with Gasteiger partial charge in [-0.25, -0.2) is 0 Å². The smallest absolute Gasteiger partial charge is 0.133 e. The second kappa shape index (κ2) is 5.69. The number of halogens is 1. The van der Waals surface area contributed by atoms with E-state index in [1.54, 1.807) is 0 Å². The fourth-order valence-corrected chi connectivity index (χ4v) is 2.07. The van der Waals surface area contributed by atoms with Crippen molar-refractivity contribution in [3.63, 3.8) is 0 Å². The number of aryl methyl sites for hydroxylation is 1. The van der Waals surface area contributed by atoms with E-state index in [0.717, 1.165) is 17.7 Å². The first-order valence-corrected chi connectivity index (χ1v) is 6.78. The van der Waals surface area contributed by atoms with Crippen LogP contribution in [0.4, 0.5) is 0 Å². The molecule has 0 spiro atoms. The number of hydrogen-bond donors (Lipinski definition) is 1. The molecule has 1 atom stereocenters. The van der Waals surface area contributed by atoms with Gasteiger partial charge in [-0.3, -0.25) is 0 Å². The fraction of sp³-hybridized carbons (Fsp3) is 0.286. The highest BCUT2D eigenvalue weighted by molar-refractivity contribution is 14.1. The Morgan fingerprint density at radius 2 is 1.88 bits per heavy atom. The van der Waals surface area contributed by atoms with E-state index >= 15 is 0 Å². The molecule has 1 unspecified atom stereocenters. The second-order valence-electron chi connectivity index (χ2n) is 4.00. The maximum Gasteiger partial charge on any atom is 0.133 e. The Bertz CT molecular complexity index is 473. The van der Waals surface area contributed by atoms with Crippen molar-refractivity contribution in [3.05, 3.63) is 57.1 Å². The Morgan fingerprint density at radius 3 is 2.47 bits per heavy atom. The SMILES string of the molecule is CCc1ccc(C(O)Cc2ccc(I)cc2)o1. The van der Waals surface area contributed by atoms with Crippen molar-refractivity contribution >= 4 is 22.6 Å². The summed E-state index contributed by atoms with van der Waals surface area (Å²) in [6.45, 7) is 2.04. The highest BCUT2D eigenvalue weighted by atomic mass is 127. The van der Waals surface area contributed by atoms with E-state index in [2.05, 4.69) is 22.6 Å². The van der Waals surface area contributed by atoms with Crippen molar-refractivity contribution in [1.29, 1.82) is 0 Å². The maximum atomic E-state index is 10.1. The molecule has 0 saturated carbocycles. The van der Waals surface area contributed by atoms with Crippen molar-refractivity contribution in [2.75, 3.05) is 0 Å². The summed E-state index contributed by atoms with van der Waals surface area (Å²) in [5.41, 5.74) is 1.12. The van der Waals surface area contributed by atoms with Gasteiger partial charge in [0.1, 0.15) is 17.6 Å². The molecule has 2 aromatic rings. The first kappa shape index (κ1) is 12.6. The molecule has 0 radical (unpaired) electrons. The van der Waals surface area contributed by atoms with Crippen LogP contribution in [0.15, 0.2) is 40.8 Å². The van der Waals surface area contributed by atoms with Crippen LogP contribution in [0, 0.1) is 3.57 Å². The first-order chi connectivity index (χ1) is 8.19. The third-order valence-corrected chi connectivity index (χ3v) is 3.42. The minimum atomic E-state index is -0.560. The van der Waals surface area contributed by atoms with Gasteiger partial charge in [0, 0.05) is 16.4 Å². The molecular weight excluding hydrogens is 327 g/mol. The van der Waals surface area contributed by atoms with E-state index in [4.69, 9.17) is 4.42 Å². The summed E-state index contributed by atoms with van der Waals surface area (Å²) >= 11 is 2.27. The lowest BCUT2D eigenvalue weighted by Crippen LogP contribution is -2.00. The Morgan fingerprint density at radius 1 is 1.18 bits per heavy atom. The molecule has 1 aromatic carbocycles. The fourth-order valence-electron chi connectivity index (χ4n) is 1.71. The minimum Gasteiger partial charge on any atom is -0.463 e. The van der Waals surface area contributed by atoms with Crippen molar-refractivity contribution in [2.24, 2.45) is 0 Å². The molecule has 17 heavy (non-hydrogen) atoms. The topological polar surface area (TPSA) is 33.4 Å². The molecule has 3 heteroatoms. The largest absolute Gasteiger partial charge is 0.463 e. The van der Waals surface area contributed by atoms with Gasteiger partial charge in [0.25, 0.3) is 0 Å². The van der Waals surface area contributed by atoms with Crippen molar-refractivity contribution in [1.82, 2.24) is 0 Å². The predicted octanol–water partition coefficient (Wildman–Crippen LogP) is 3.72. The van der Waals surface area contributed by atoms with Gasteiger partial charge in [-0.2, -0.15) is 0 Å². The summed E-state index contributed by atoms with van der Waals surface area (Å²) in [5.74, 6) is 1.57. The van der Waals surface area contributed by atoms with E-state index in [1.165, 1.54) is 3.57 Å². The van der Waals surface area contributed by atoms with Crippen LogP contribution in [0.5, 0.6) is 0 Å². The quantitative estimate of drug-likeness (QED) is 0.859. The maximum absolute atomic E-state index is 10.1. The third kappa shape index (κ3) is 3.33. The molecule has 0 aliphatic heterocycles. The van der Waals surface area contributed by atoms with Crippen LogP contribution in [0.25, 0.3) is 0 Å².